The number of benzene rings is 1. The molecule has 2 nitrogen and oxygen atoms in total. The molecule has 0 unspecified atom stereocenters. The van der Waals surface area contributed by atoms with Gasteiger partial charge in [0.15, 0.2) is 0 Å². The van der Waals surface area contributed by atoms with Crippen molar-refractivity contribution in [3.05, 3.63) is 29.3 Å². The number of alkyl halides is 3. The van der Waals surface area contributed by atoms with Crippen LogP contribution in [0.25, 0.3) is 0 Å². The molecular formula is C14H20F3NO. The Kier molecular flexibility index (Phi) is 5.23. The summed E-state index contributed by atoms with van der Waals surface area (Å²) >= 11 is 0. The maximum absolute atomic E-state index is 12.8. The summed E-state index contributed by atoms with van der Waals surface area (Å²) < 4.78 is 43.2. The molecule has 1 rings (SSSR count). The van der Waals surface area contributed by atoms with E-state index in [0.29, 0.717) is 17.9 Å². The highest BCUT2D eigenvalue weighted by Crippen LogP contribution is 2.34. The Bertz CT molecular complexity index is 416. The first-order valence-corrected chi connectivity index (χ1v) is 6.25. The Balaban J connectivity index is 2.99. The number of methoxy groups -OCH3 is 1. The van der Waals surface area contributed by atoms with Crippen LogP contribution in [0.2, 0.25) is 0 Å². The van der Waals surface area contributed by atoms with Gasteiger partial charge in [0.2, 0.25) is 0 Å². The van der Waals surface area contributed by atoms with Gasteiger partial charge in [0.25, 0.3) is 0 Å². The molecule has 19 heavy (non-hydrogen) atoms. The van der Waals surface area contributed by atoms with Gasteiger partial charge in [-0.3, -0.25) is 0 Å². The highest BCUT2D eigenvalue weighted by Gasteiger charge is 2.31. The average molecular weight is 275 g/mol. The molecule has 0 radical (unpaired) electrons. The van der Waals surface area contributed by atoms with Gasteiger partial charge >= 0.3 is 6.18 Å². The first kappa shape index (κ1) is 15.8. The number of ether oxygens (including phenoxy) is 1. The third-order valence-corrected chi connectivity index (χ3v) is 2.98. The van der Waals surface area contributed by atoms with E-state index in [0.717, 1.165) is 18.6 Å². The van der Waals surface area contributed by atoms with Crippen molar-refractivity contribution in [2.45, 2.75) is 38.9 Å². The Morgan fingerprint density at radius 1 is 1.16 bits per heavy atom. The Labute approximate surface area is 111 Å². The van der Waals surface area contributed by atoms with Crippen LogP contribution in [0.15, 0.2) is 18.2 Å². The van der Waals surface area contributed by atoms with Gasteiger partial charge in [-0.1, -0.05) is 13.8 Å². The number of rotatable bonds is 5. The predicted octanol–water partition coefficient (Wildman–Crippen LogP) is 4.15. The molecule has 108 valence electrons. The van der Waals surface area contributed by atoms with E-state index in [2.05, 4.69) is 13.8 Å². The summed E-state index contributed by atoms with van der Waals surface area (Å²) in [6, 6.07) is 3.26. The van der Waals surface area contributed by atoms with Crippen LogP contribution >= 0.6 is 0 Å². The standard InChI is InChI=1S/C14H20F3NO/c1-9(2)4-5-13(18)10-6-11(14(15,16)17)8-12(7-10)19-3/h6-9,13H,4-5,18H2,1-3H3/t13-/m0/s1. The molecule has 0 aromatic heterocycles. The van der Waals surface area contributed by atoms with E-state index in [1.54, 1.807) is 6.07 Å². The molecule has 0 amide bonds. The number of halogens is 3. The number of hydrogen-bond acceptors (Lipinski definition) is 2. The summed E-state index contributed by atoms with van der Waals surface area (Å²) in [6.07, 6.45) is -2.86. The summed E-state index contributed by atoms with van der Waals surface area (Å²) in [6.45, 7) is 4.11. The van der Waals surface area contributed by atoms with E-state index in [9.17, 15) is 13.2 Å². The molecule has 0 aliphatic heterocycles. The Morgan fingerprint density at radius 2 is 1.79 bits per heavy atom. The lowest BCUT2D eigenvalue weighted by molar-refractivity contribution is -0.137. The first-order valence-electron chi connectivity index (χ1n) is 6.25. The second-order valence-electron chi connectivity index (χ2n) is 5.07. The van der Waals surface area contributed by atoms with Gasteiger partial charge < -0.3 is 10.5 Å². The third-order valence-electron chi connectivity index (χ3n) is 2.98. The largest absolute Gasteiger partial charge is 0.497 e. The van der Waals surface area contributed by atoms with Gasteiger partial charge in [-0.25, -0.2) is 0 Å². The SMILES string of the molecule is COc1cc([C@@H](N)CCC(C)C)cc(C(F)(F)F)c1. The summed E-state index contributed by atoms with van der Waals surface area (Å²) in [5, 5.41) is 0. The quantitative estimate of drug-likeness (QED) is 0.876. The first-order chi connectivity index (χ1) is 8.74. The third kappa shape index (κ3) is 4.74. The van der Waals surface area contributed by atoms with E-state index >= 15 is 0 Å². The summed E-state index contributed by atoms with van der Waals surface area (Å²) in [4.78, 5) is 0. The van der Waals surface area contributed by atoms with E-state index in [-0.39, 0.29) is 5.75 Å². The molecule has 0 heterocycles. The fourth-order valence-corrected chi connectivity index (χ4v) is 1.80. The monoisotopic (exact) mass is 275 g/mol. The lowest BCUT2D eigenvalue weighted by atomic mass is 9.96. The highest BCUT2D eigenvalue weighted by molar-refractivity contribution is 5.37. The van der Waals surface area contributed by atoms with E-state index in [4.69, 9.17) is 10.5 Å². The average Bonchev–Trinajstić information content (AvgIpc) is 2.34. The molecule has 0 saturated heterocycles. The molecule has 0 spiro atoms. The summed E-state index contributed by atoms with van der Waals surface area (Å²) in [7, 11) is 1.35. The van der Waals surface area contributed by atoms with Crippen LogP contribution in [-0.2, 0) is 6.18 Å². The van der Waals surface area contributed by atoms with Gasteiger partial charge in [-0.15, -0.1) is 0 Å². The van der Waals surface area contributed by atoms with Gasteiger partial charge in [-0.2, -0.15) is 13.2 Å². The van der Waals surface area contributed by atoms with E-state index in [1.165, 1.54) is 7.11 Å². The normalized spacial score (nSPS) is 13.7. The van der Waals surface area contributed by atoms with Crippen LogP contribution in [0, 0.1) is 5.92 Å². The zero-order chi connectivity index (χ0) is 14.6. The summed E-state index contributed by atoms with van der Waals surface area (Å²) in [5.41, 5.74) is 5.70. The zero-order valence-corrected chi connectivity index (χ0v) is 11.4. The van der Waals surface area contributed by atoms with Crippen molar-refractivity contribution < 1.29 is 17.9 Å². The molecule has 5 heteroatoms. The van der Waals surface area contributed by atoms with Crippen molar-refractivity contribution >= 4 is 0 Å². The lowest BCUT2D eigenvalue weighted by Crippen LogP contribution is -2.14. The smallest absolute Gasteiger partial charge is 0.416 e. The molecule has 2 N–H and O–H groups in total. The highest BCUT2D eigenvalue weighted by atomic mass is 19.4. The van der Waals surface area contributed by atoms with E-state index in [1.807, 2.05) is 0 Å². The molecule has 1 aromatic carbocycles. The maximum atomic E-state index is 12.8. The van der Waals surface area contributed by atoms with Crippen LogP contribution in [0.4, 0.5) is 13.2 Å². The molecule has 0 fully saturated rings. The Hall–Kier alpha value is -1.23. The van der Waals surface area contributed by atoms with Crippen LogP contribution in [0.1, 0.15) is 43.9 Å². The number of nitrogens with two attached hydrogens (primary N) is 1. The van der Waals surface area contributed by atoms with Crippen LogP contribution in [0.5, 0.6) is 5.75 Å². The fourth-order valence-electron chi connectivity index (χ4n) is 1.80. The van der Waals surface area contributed by atoms with Crippen LogP contribution in [0.3, 0.4) is 0 Å². The van der Waals surface area contributed by atoms with Gasteiger partial charge in [0.05, 0.1) is 12.7 Å². The zero-order valence-electron chi connectivity index (χ0n) is 11.4. The molecule has 0 aliphatic rings. The second kappa shape index (κ2) is 6.28. The van der Waals surface area contributed by atoms with Crippen molar-refractivity contribution in [3.8, 4) is 5.75 Å². The predicted molar refractivity (Wildman–Crippen MR) is 69.0 cm³/mol. The van der Waals surface area contributed by atoms with Crippen molar-refractivity contribution in [3.63, 3.8) is 0 Å². The van der Waals surface area contributed by atoms with Gasteiger partial charge in [0.1, 0.15) is 5.75 Å². The van der Waals surface area contributed by atoms with Crippen molar-refractivity contribution in [2.75, 3.05) is 7.11 Å². The second-order valence-corrected chi connectivity index (χ2v) is 5.07. The van der Waals surface area contributed by atoms with Crippen molar-refractivity contribution in [1.29, 1.82) is 0 Å². The fraction of sp³-hybridized carbons (Fsp3) is 0.571. The molecule has 0 bridgehead atoms. The summed E-state index contributed by atoms with van der Waals surface area (Å²) in [5.74, 6) is 0.656. The molecule has 1 atom stereocenters. The molecule has 0 aliphatic carbocycles. The van der Waals surface area contributed by atoms with Gasteiger partial charge in [-0.05, 0) is 42.5 Å². The molecule has 1 aromatic rings. The number of hydrogen-bond donors (Lipinski definition) is 1. The minimum absolute atomic E-state index is 0.185. The molecule has 0 saturated carbocycles. The minimum atomic E-state index is -4.39. The van der Waals surface area contributed by atoms with Crippen LogP contribution < -0.4 is 10.5 Å². The van der Waals surface area contributed by atoms with Crippen LogP contribution in [-0.4, -0.2) is 7.11 Å². The van der Waals surface area contributed by atoms with Crippen molar-refractivity contribution in [1.82, 2.24) is 0 Å². The Morgan fingerprint density at radius 3 is 2.26 bits per heavy atom. The minimum Gasteiger partial charge on any atom is -0.497 e. The van der Waals surface area contributed by atoms with E-state index < -0.39 is 17.8 Å². The topological polar surface area (TPSA) is 35.2 Å². The lowest BCUT2D eigenvalue weighted by Gasteiger charge is -2.17. The maximum Gasteiger partial charge on any atom is 0.416 e. The molecular weight excluding hydrogens is 255 g/mol. The van der Waals surface area contributed by atoms with Gasteiger partial charge in [0, 0.05) is 6.04 Å². The van der Waals surface area contributed by atoms with Crippen molar-refractivity contribution in [2.24, 2.45) is 11.7 Å².